The normalized spacial score (nSPS) is 26.1. The lowest BCUT2D eigenvalue weighted by Crippen LogP contribution is -2.43. The Hall–Kier alpha value is -0.920. The Balaban J connectivity index is 1.67. The molecular formula is C13H22N4O2S. The SMILES string of the molecule is Cn1nccc1S(=O)(=O)N1CCC(C2CCCN2)CC1. The molecule has 3 heterocycles. The molecule has 1 atom stereocenters. The molecule has 0 spiro atoms. The van der Waals surface area contributed by atoms with Crippen molar-refractivity contribution in [2.75, 3.05) is 19.6 Å². The van der Waals surface area contributed by atoms with E-state index >= 15 is 0 Å². The fraction of sp³-hybridized carbons (Fsp3) is 0.769. The molecule has 0 aliphatic carbocycles. The second-order valence-corrected chi connectivity index (χ2v) is 7.62. The summed E-state index contributed by atoms with van der Waals surface area (Å²) in [5.41, 5.74) is 0. The van der Waals surface area contributed by atoms with Crippen LogP contribution in [-0.4, -0.2) is 48.2 Å². The molecule has 0 bridgehead atoms. The number of sulfonamides is 1. The Labute approximate surface area is 120 Å². The number of aryl methyl sites for hydroxylation is 1. The summed E-state index contributed by atoms with van der Waals surface area (Å²) >= 11 is 0. The minimum absolute atomic E-state index is 0.287. The fourth-order valence-corrected chi connectivity index (χ4v) is 4.95. The molecule has 2 aliphatic heterocycles. The van der Waals surface area contributed by atoms with Gasteiger partial charge in [0.2, 0.25) is 0 Å². The molecule has 1 aromatic heterocycles. The first-order valence-corrected chi connectivity index (χ1v) is 8.74. The Morgan fingerprint density at radius 3 is 2.60 bits per heavy atom. The van der Waals surface area contributed by atoms with Gasteiger partial charge in [0.1, 0.15) is 0 Å². The number of nitrogens with one attached hydrogen (secondary N) is 1. The van der Waals surface area contributed by atoms with Gasteiger partial charge >= 0.3 is 0 Å². The van der Waals surface area contributed by atoms with Crippen LogP contribution >= 0.6 is 0 Å². The van der Waals surface area contributed by atoms with Crippen molar-refractivity contribution < 1.29 is 8.42 Å². The highest BCUT2D eigenvalue weighted by Gasteiger charge is 2.34. The van der Waals surface area contributed by atoms with Crippen molar-refractivity contribution in [3.05, 3.63) is 12.3 Å². The van der Waals surface area contributed by atoms with E-state index in [1.807, 2.05) is 0 Å². The van der Waals surface area contributed by atoms with Crippen molar-refractivity contribution in [2.45, 2.75) is 36.8 Å². The van der Waals surface area contributed by atoms with Gasteiger partial charge in [-0.3, -0.25) is 4.68 Å². The lowest BCUT2D eigenvalue weighted by Gasteiger charge is -2.34. The topological polar surface area (TPSA) is 67.2 Å². The standard InChI is InChI=1S/C13H22N4O2S/c1-16-13(4-8-15-16)20(18,19)17-9-5-11(6-10-17)12-3-2-7-14-12/h4,8,11-12,14H,2-3,5-7,9-10H2,1H3. The Kier molecular flexibility index (Phi) is 3.83. The summed E-state index contributed by atoms with van der Waals surface area (Å²) in [5.74, 6) is 0.621. The van der Waals surface area contributed by atoms with Crippen LogP contribution in [0.5, 0.6) is 0 Å². The summed E-state index contributed by atoms with van der Waals surface area (Å²) in [6.07, 6.45) is 5.92. The molecule has 3 rings (SSSR count). The summed E-state index contributed by atoms with van der Waals surface area (Å²) < 4.78 is 28.1. The van der Waals surface area contributed by atoms with Crippen molar-refractivity contribution in [3.63, 3.8) is 0 Å². The summed E-state index contributed by atoms with van der Waals surface area (Å²) in [6, 6.07) is 2.16. The molecule has 112 valence electrons. The molecule has 6 nitrogen and oxygen atoms in total. The van der Waals surface area contributed by atoms with Gasteiger partial charge in [0.05, 0.1) is 6.20 Å². The third-order valence-corrected chi connectivity index (χ3v) is 6.52. The van der Waals surface area contributed by atoms with Crippen molar-refractivity contribution in [3.8, 4) is 0 Å². The highest BCUT2D eigenvalue weighted by Crippen LogP contribution is 2.28. The smallest absolute Gasteiger partial charge is 0.260 e. The quantitative estimate of drug-likeness (QED) is 0.886. The molecular weight excluding hydrogens is 276 g/mol. The molecule has 1 unspecified atom stereocenters. The van der Waals surface area contributed by atoms with Crippen LogP contribution in [-0.2, 0) is 17.1 Å². The number of hydrogen-bond acceptors (Lipinski definition) is 4. The summed E-state index contributed by atoms with van der Waals surface area (Å²) in [5, 5.41) is 7.78. The predicted octanol–water partition coefficient (Wildman–Crippen LogP) is 0.573. The van der Waals surface area contributed by atoms with E-state index in [4.69, 9.17) is 0 Å². The van der Waals surface area contributed by atoms with E-state index in [0.717, 1.165) is 19.4 Å². The number of piperidine rings is 1. The van der Waals surface area contributed by atoms with Crippen LogP contribution in [0.4, 0.5) is 0 Å². The largest absolute Gasteiger partial charge is 0.314 e. The third kappa shape index (κ3) is 2.49. The molecule has 1 N–H and O–H groups in total. The van der Waals surface area contributed by atoms with E-state index in [1.165, 1.54) is 23.7 Å². The molecule has 2 saturated heterocycles. The lowest BCUT2D eigenvalue weighted by molar-refractivity contribution is 0.233. The van der Waals surface area contributed by atoms with Gasteiger partial charge in [-0.25, -0.2) is 8.42 Å². The fourth-order valence-electron chi connectivity index (χ4n) is 3.38. The van der Waals surface area contributed by atoms with Gasteiger partial charge in [-0.1, -0.05) is 0 Å². The maximum absolute atomic E-state index is 12.5. The molecule has 0 radical (unpaired) electrons. The average Bonchev–Trinajstić information content (AvgIpc) is 3.10. The van der Waals surface area contributed by atoms with Gasteiger partial charge in [0.25, 0.3) is 10.0 Å². The molecule has 7 heteroatoms. The van der Waals surface area contributed by atoms with Crippen molar-refractivity contribution >= 4 is 10.0 Å². The molecule has 2 fully saturated rings. The number of hydrogen-bond donors (Lipinski definition) is 1. The van der Waals surface area contributed by atoms with Crippen LogP contribution in [0, 0.1) is 5.92 Å². The van der Waals surface area contributed by atoms with Crippen molar-refractivity contribution in [1.29, 1.82) is 0 Å². The Morgan fingerprint density at radius 2 is 2.05 bits per heavy atom. The minimum Gasteiger partial charge on any atom is -0.314 e. The lowest BCUT2D eigenvalue weighted by atomic mass is 9.89. The van der Waals surface area contributed by atoms with Crippen LogP contribution in [0.3, 0.4) is 0 Å². The second-order valence-electron chi connectivity index (χ2n) is 5.74. The molecule has 20 heavy (non-hydrogen) atoms. The summed E-state index contributed by atoms with van der Waals surface area (Å²) in [7, 11) is -1.71. The minimum atomic E-state index is -3.38. The van der Waals surface area contributed by atoms with E-state index in [0.29, 0.717) is 25.0 Å². The zero-order valence-corrected chi connectivity index (χ0v) is 12.6. The van der Waals surface area contributed by atoms with Crippen LogP contribution < -0.4 is 5.32 Å². The highest BCUT2D eigenvalue weighted by molar-refractivity contribution is 7.89. The molecule has 0 aromatic carbocycles. The average molecular weight is 298 g/mol. The zero-order chi connectivity index (χ0) is 14.2. The van der Waals surface area contributed by atoms with Crippen LogP contribution in [0.15, 0.2) is 17.3 Å². The molecule has 0 amide bonds. The highest BCUT2D eigenvalue weighted by atomic mass is 32.2. The van der Waals surface area contributed by atoms with Gasteiger partial charge in [-0.2, -0.15) is 9.40 Å². The third-order valence-electron chi connectivity index (χ3n) is 4.55. The summed E-state index contributed by atoms with van der Waals surface area (Å²) in [4.78, 5) is 0. The maximum Gasteiger partial charge on any atom is 0.260 e. The van der Waals surface area contributed by atoms with Crippen LogP contribution in [0.25, 0.3) is 0 Å². The van der Waals surface area contributed by atoms with E-state index in [2.05, 4.69) is 10.4 Å². The number of nitrogens with zero attached hydrogens (tertiary/aromatic N) is 3. The number of rotatable bonds is 3. The van der Waals surface area contributed by atoms with E-state index in [9.17, 15) is 8.42 Å². The van der Waals surface area contributed by atoms with Crippen molar-refractivity contribution in [2.24, 2.45) is 13.0 Å². The zero-order valence-electron chi connectivity index (χ0n) is 11.8. The number of aromatic nitrogens is 2. The maximum atomic E-state index is 12.5. The Morgan fingerprint density at radius 1 is 1.30 bits per heavy atom. The van der Waals surface area contributed by atoms with Crippen LogP contribution in [0.2, 0.25) is 0 Å². The van der Waals surface area contributed by atoms with E-state index < -0.39 is 10.0 Å². The molecule has 1 aromatic rings. The van der Waals surface area contributed by atoms with Crippen LogP contribution in [0.1, 0.15) is 25.7 Å². The molecule has 0 saturated carbocycles. The predicted molar refractivity (Wildman–Crippen MR) is 75.7 cm³/mol. The van der Waals surface area contributed by atoms with Crippen molar-refractivity contribution in [1.82, 2.24) is 19.4 Å². The van der Waals surface area contributed by atoms with Gasteiger partial charge in [-0.05, 0) is 44.2 Å². The van der Waals surface area contributed by atoms with E-state index in [1.54, 1.807) is 17.4 Å². The van der Waals surface area contributed by atoms with E-state index in [-0.39, 0.29) is 5.03 Å². The second kappa shape index (κ2) is 5.46. The van der Waals surface area contributed by atoms with Gasteiger partial charge in [0, 0.05) is 26.2 Å². The van der Waals surface area contributed by atoms with Gasteiger partial charge in [-0.15, -0.1) is 0 Å². The first kappa shape index (κ1) is 14.0. The monoisotopic (exact) mass is 298 g/mol. The summed E-state index contributed by atoms with van der Waals surface area (Å²) in [6.45, 7) is 2.35. The first-order chi connectivity index (χ1) is 9.59. The Bertz CT molecular complexity index is 555. The first-order valence-electron chi connectivity index (χ1n) is 7.30. The van der Waals surface area contributed by atoms with Gasteiger partial charge in [0.15, 0.2) is 5.03 Å². The molecule has 2 aliphatic rings. The van der Waals surface area contributed by atoms with Gasteiger partial charge < -0.3 is 5.32 Å².